The summed E-state index contributed by atoms with van der Waals surface area (Å²) in [6.45, 7) is 3.90. The second-order valence-electron chi connectivity index (χ2n) is 5.28. The first-order valence-corrected chi connectivity index (χ1v) is 10.3. The highest BCUT2D eigenvalue weighted by atomic mass is 32.2. The van der Waals surface area contributed by atoms with Gasteiger partial charge in [-0.2, -0.15) is 0 Å². The molecule has 1 aromatic carbocycles. The third-order valence-corrected chi connectivity index (χ3v) is 5.32. The van der Waals surface area contributed by atoms with Gasteiger partial charge in [-0.05, 0) is 31.5 Å². The molecule has 0 fully saturated rings. The van der Waals surface area contributed by atoms with Gasteiger partial charge in [0.25, 0.3) is 0 Å². The number of rotatable bonds is 8. The molecule has 0 radical (unpaired) electrons. The Kier molecular flexibility index (Phi) is 6.83. The molecule has 0 saturated carbocycles. The van der Waals surface area contributed by atoms with Gasteiger partial charge in [0.2, 0.25) is 0 Å². The summed E-state index contributed by atoms with van der Waals surface area (Å²) in [4.78, 5) is 0. The van der Waals surface area contributed by atoms with Crippen molar-refractivity contribution >= 4 is 20.6 Å². The van der Waals surface area contributed by atoms with Gasteiger partial charge in [0, 0.05) is 34.6 Å². The molecule has 0 aliphatic carbocycles. The highest BCUT2D eigenvalue weighted by Crippen LogP contribution is 2.18. The van der Waals surface area contributed by atoms with E-state index in [4.69, 9.17) is 10.5 Å². The topological polar surface area (TPSA) is 86.5 Å². The van der Waals surface area contributed by atoms with E-state index in [1.807, 2.05) is 38.1 Å². The maximum atomic E-state index is 11.8. The van der Waals surface area contributed by atoms with E-state index in [0.29, 0.717) is 0 Å². The maximum Gasteiger partial charge on any atom is 0.148 e. The summed E-state index contributed by atoms with van der Waals surface area (Å²) in [6.07, 6.45) is 1.24. The van der Waals surface area contributed by atoms with Crippen LogP contribution < -0.4 is 10.5 Å². The van der Waals surface area contributed by atoms with Crippen molar-refractivity contribution in [2.24, 2.45) is 5.73 Å². The summed E-state index contributed by atoms with van der Waals surface area (Å²) in [5.74, 6) is 1.06. The summed E-state index contributed by atoms with van der Waals surface area (Å²) in [6, 6.07) is 6.97. The van der Waals surface area contributed by atoms with Crippen LogP contribution >= 0.6 is 0 Å². The van der Waals surface area contributed by atoms with Crippen molar-refractivity contribution in [2.75, 3.05) is 23.5 Å². The largest absolute Gasteiger partial charge is 0.491 e. The average molecular weight is 333 g/mol. The van der Waals surface area contributed by atoms with Crippen LogP contribution in [0.3, 0.4) is 0 Å². The van der Waals surface area contributed by atoms with Crippen molar-refractivity contribution in [3.8, 4) is 5.75 Å². The fraction of sp³-hybridized carbons (Fsp3) is 0.571. The molecule has 0 spiro atoms. The zero-order valence-electron chi connectivity index (χ0n) is 12.6. The molecule has 1 aromatic rings. The molecule has 0 aliphatic rings. The van der Waals surface area contributed by atoms with Crippen molar-refractivity contribution in [2.45, 2.75) is 26.0 Å². The average Bonchev–Trinajstić information content (AvgIpc) is 2.35. The quantitative estimate of drug-likeness (QED) is 0.774. The van der Waals surface area contributed by atoms with E-state index in [1.165, 1.54) is 0 Å². The second-order valence-corrected chi connectivity index (χ2v) is 9.16. The number of hydrogen-bond donors (Lipinski definition) is 1. The van der Waals surface area contributed by atoms with Crippen LogP contribution in [-0.4, -0.2) is 42.2 Å². The first-order valence-electron chi connectivity index (χ1n) is 6.72. The fourth-order valence-corrected chi connectivity index (χ4v) is 4.40. The lowest BCUT2D eigenvalue weighted by Crippen LogP contribution is -2.22. The lowest BCUT2D eigenvalue weighted by Gasteiger charge is -2.14. The van der Waals surface area contributed by atoms with Gasteiger partial charge in [-0.25, -0.2) is 8.42 Å². The van der Waals surface area contributed by atoms with E-state index in [0.717, 1.165) is 17.6 Å². The van der Waals surface area contributed by atoms with E-state index >= 15 is 0 Å². The lowest BCUT2D eigenvalue weighted by molar-refractivity contribution is 0.242. The van der Waals surface area contributed by atoms with Crippen LogP contribution in [-0.2, 0) is 20.6 Å². The normalized spacial score (nSPS) is 14.9. The van der Waals surface area contributed by atoms with Gasteiger partial charge in [-0.15, -0.1) is 0 Å². The number of benzene rings is 1. The number of sulfone groups is 1. The van der Waals surface area contributed by atoms with Crippen molar-refractivity contribution in [1.29, 1.82) is 0 Å². The minimum Gasteiger partial charge on any atom is -0.491 e. The monoisotopic (exact) mass is 333 g/mol. The Hall–Kier alpha value is -0.920. The van der Waals surface area contributed by atoms with Crippen LogP contribution in [0.5, 0.6) is 5.75 Å². The summed E-state index contributed by atoms with van der Waals surface area (Å²) in [7, 11) is -4.33. The Morgan fingerprint density at radius 3 is 2.29 bits per heavy atom. The summed E-state index contributed by atoms with van der Waals surface area (Å²) >= 11 is 0. The van der Waals surface area contributed by atoms with Crippen LogP contribution in [0.1, 0.15) is 25.5 Å². The van der Waals surface area contributed by atoms with Crippen LogP contribution in [0.2, 0.25) is 0 Å². The Bertz CT molecular complexity index is 567. The Morgan fingerprint density at radius 2 is 1.81 bits per heavy atom. The molecule has 5 nitrogen and oxygen atoms in total. The Morgan fingerprint density at radius 1 is 1.24 bits per heavy atom. The summed E-state index contributed by atoms with van der Waals surface area (Å²) in [5.41, 5.74) is 6.86. The third-order valence-electron chi connectivity index (χ3n) is 2.73. The van der Waals surface area contributed by atoms with Crippen molar-refractivity contribution in [3.05, 3.63) is 29.8 Å². The zero-order valence-corrected chi connectivity index (χ0v) is 14.2. The van der Waals surface area contributed by atoms with Gasteiger partial charge >= 0.3 is 0 Å². The predicted octanol–water partition coefficient (Wildman–Crippen LogP) is 1.27. The molecule has 0 aromatic heterocycles. The van der Waals surface area contributed by atoms with Crippen molar-refractivity contribution in [3.63, 3.8) is 0 Å². The molecule has 120 valence electrons. The smallest absolute Gasteiger partial charge is 0.148 e. The molecule has 1 rings (SSSR count). The van der Waals surface area contributed by atoms with Gasteiger partial charge in [-0.3, -0.25) is 4.21 Å². The van der Waals surface area contributed by atoms with Crippen LogP contribution in [0, 0.1) is 0 Å². The molecule has 0 saturated heterocycles. The highest BCUT2D eigenvalue weighted by molar-refractivity contribution is 7.92. The van der Waals surface area contributed by atoms with Gasteiger partial charge in [0.05, 0.1) is 11.9 Å². The van der Waals surface area contributed by atoms with E-state index in [-0.39, 0.29) is 29.4 Å². The first kappa shape index (κ1) is 18.1. The van der Waals surface area contributed by atoms with Crippen LogP contribution in [0.4, 0.5) is 0 Å². The number of hydrogen-bond acceptors (Lipinski definition) is 5. The van der Waals surface area contributed by atoms with E-state index in [2.05, 4.69) is 0 Å². The molecule has 0 aliphatic heterocycles. The van der Waals surface area contributed by atoms with Gasteiger partial charge < -0.3 is 10.5 Å². The summed E-state index contributed by atoms with van der Waals surface area (Å²) in [5, 5.41) is 0. The SMILES string of the molecule is CC(C)Oc1ccc(C(N)CS(=O)CCS(C)(=O)=O)cc1. The van der Waals surface area contributed by atoms with E-state index in [1.54, 1.807) is 0 Å². The standard InChI is InChI=1S/C14H23NO4S2/c1-11(2)19-13-6-4-12(5-7-13)14(15)10-20(16)8-9-21(3,17)18/h4-7,11,14H,8-10,15H2,1-3H3. The fourth-order valence-electron chi connectivity index (χ4n) is 1.69. The summed E-state index contributed by atoms with van der Waals surface area (Å²) < 4.78 is 39.4. The maximum absolute atomic E-state index is 11.8. The third kappa shape index (κ3) is 7.59. The van der Waals surface area contributed by atoms with Crippen LogP contribution in [0.25, 0.3) is 0 Å². The molecule has 2 atom stereocenters. The molecule has 2 unspecified atom stereocenters. The lowest BCUT2D eigenvalue weighted by atomic mass is 10.1. The molecule has 0 heterocycles. The predicted molar refractivity (Wildman–Crippen MR) is 86.7 cm³/mol. The molecule has 0 amide bonds. The van der Waals surface area contributed by atoms with Gasteiger partial charge in [0.15, 0.2) is 0 Å². The molecular weight excluding hydrogens is 310 g/mol. The molecule has 0 bridgehead atoms. The molecule has 7 heteroatoms. The second kappa shape index (κ2) is 7.91. The van der Waals surface area contributed by atoms with Crippen LogP contribution in [0.15, 0.2) is 24.3 Å². The first-order chi connectivity index (χ1) is 9.67. The van der Waals surface area contributed by atoms with E-state index < -0.39 is 20.6 Å². The molecule has 21 heavy (non-hydrogen) atoms. The molecule has 2 N–H and O–H groups in total. The Labute approximate surface area is 129 Å². The minimum atomic E-state index is -3.09. The Balaban J connectivity index is 2.55. The molecular formula is C14H23NO4S2. The van der Waals surface area contributed by atoms with Gasteiger partial charge in [-0.1, -0.05) is 12.1 Å². The zero-order chi connectivity index (χ0) is 16.0. The highest BCUT2D eigenvalue weighted by Gasteiger charge is 2.13. The van der Waals surface area contributed by atoms with Crippen molar-refractivity contribution in [1.82, 2.24) is 0 Å². The minimum absolute atomic E-state index is 0.0759. The number of nitrogens with two attached hydrogens (primary N) is 1. The van der Waals surface area contributed by atoms with Gasteiger partial charge in [0.1, 0.15) is 15.6 Å². The van der Waals surface area contributed by atoms with E-state index in [9.17, 15) is 12.6 Å². The van der Waals surface area contributed by atoms with Crippen molar-refractivity contribution < 1.29 is 17.4 Å². The number of ether oxygens (including phenoxy) is 1.